The predicted octanol–water partition coefficient (Wildman–Crippen LogP) is 2.39. The number of urea groups is 1. The summed E-state index contributed by atoms with van der Waals surface area (Å²) in [4.78, 5) is 23.3. The van der Waals surface area contributed by atoms with Crippen molar-refractivity contribution in [3.8, 4) is 0 Å². The number of nitrogens with one attached hydrogen (secondary N) is 1. The van der Waals surface area contributed by atoms with E-state index in [-0.39, 0.29) is 13.1 Å². The zero-order valence-electron chi connectivity index (χ0n) is 10.4. The fourth-order valence-corrected chi connectivity index (χ4v) is 1.79. The van der Waals surface area contributed by atoms with Crippen molar-refractivity contribution in [2.75, 3.05) is 18.4 Å². The van der Waals surface area contributed by atoms with E-state index in [2.05, 4.69) is 0 Å². The SMILES string of the molecule is O=C(O)C1CN(C(=O)Nc2cc(C(F)(F)F)ccc2F)C1. The molecule has 0 bridgehead atoms. The van der Waals surface area contributed by atoms with E-state index in [0.717, 1.165) is 4.90 Å². The van der Waals surface area contributed by atoms with Gasteiger partial charge in [-0.2, -0.15) is 13.2 Å². The van der Waals surface area contributed by atoms with Crippen LogP contribution in [0.1, 0.15) is 5.56 Å². The number of halogens is 4. The highest BCUT2D eigenvalue weighted by molar-refractivity contribution is 5.91. The lowest BCUT2D eigenvalue weighted by molar-refractivity contribution is -0.146. The standard InChI is InChI=1S/C12H10F4N2O3/c13-8-2-1-7(12(14,15)16)3-9(8)17-11(21)18-4-6(5-18)10(19)20/h1-3,6H,4-5H2,(H,17,21)(H,19,20). The Morgan fingerprint density at radius 1 is 1.29 bits per heavy atom. The maximum Gasteiger partial charge on any atom is 0.416 e. The molecule has 1 saturated heterocycles. The van der Waals surface area contributed by atoms with Gasteiger partial charge in [0.2, 0.25) is 0 Å². The lowest BCUT2D eigenvalue weighted by Gasteiger charge is -2.36. The van der Waals surface area contributed by atoms with Gasteiger partial charge in [0.1, 0.15) is 5.82 Å². The molecular weight excluding hydrogens is 296 g/mol. The third-order valence-corrected chi connectivity index (χ3v) is 3.05. The molecule has 0 saturated carbocycles. The van der Waals surface area contributed by atoms with Crippen LogP contribution in [0.25, 0.3) is 0 Å². The molecule has 2 amide bonds. The van der Waals surface area contributed by atoms with E-state index in [1.54, 1.807) is 0 Å². The zero-order valence-corrected chi connectivity index (χ0v) is 10.4. The van der Waals surface area contributed by atoms with Gasteiger partial charge in [0.25, 0.3) is 0 Å². The summed E-state index contributed by atoms with van der Waals surface area (Å²) in [6.45, 7) is -0.135. The summed E-state index contributed by atoms with van der Waals surface area (Å²) < 4.78 is 50.9. The van der Waals surface area contributed by atoms with Crippen molar-refractivity contribution < 1.29 is 32.3 Å². The number of benzene rings is 1. The molecule has 1 heterocycles. The molecule has 1 aliphatic heterocycles. The van der Waals surface area contributed by atoms with Crippen molar-refractivity contribution in [1.82, 2.24) is 4.90 Å². The minimum atomic E-state index is -4.65. The third kappa shape index (κ3) is 3.23. The van der Waals surface area contributed by atoms with E-state index in [0.29, 0.717) is 18.2 Å². The number of carboxylic acid groups (broad SMARTS) is 1. The summed E-state index contributed by atoms with van der Waals surface area (Å²) in [5.74, 6) is -2.78. The maximum absolute atomic E-state index is 13.4. The first-order valence-electron chi connectivity index (χ1n) is 5.84. The van der Waals surface area contributed by atoms with E-state index in [1.165, 1.54) is 0 Å². The molecule has 0 aromatic heterocycles. The van der Waals surface area contributed by atoms with Crippen molar-refractivity contribution in [2.24, 2.45) is 5.92 Å². The number of amides is 2. The van der Waals surface area contributed by atoms with Crippen molar-refractivity contribution >= 4 is 17.7 Å². The monoisotopic (exact) mass is 306 g/mol. The fourth-order valence-electron chi connectivity index (χ4n) is 1.79. The van der Waals surface area contributed by atoms with E-state index < -0.39 is 41.2 Å². The minimum absolute atomic E-state index is 0.0677. The molecule has 1 aliphatic rings. The van der Waals surface area contributed by atoms with Crippen LogP contribution >= 0.6 is 0 Å². The lowest BCUT2D eigenvalue weighted by Crippen LogP contribution is -2.54. The van der Waals surface area contributed by atoms with Crippen LogP contribution in [0.3, 0.4) is 0 Å². The Balaban J connectivity index is 2.06. The molecule has 5 nitrogen and oxygen atoms in total. The van der Waals surface area contributed by atoms with Crippen molar-refractivity contribution in [2.45, 2.75) is 6.18 Å². The van der Waals surface area contributed by atoms with Gasteiger partial charge in [0.05, 0.1) is 17.2 Å². The molecule has 0 radical (unpaired) electrons. The van der Waals surface area contributed by atoms with Crippen molar-refractivity contribution in [3.63, 3.8) is 0 Å². The molecular formula is C12H10F4N2O3. The number of hydrogen-bond acceptors (Lipinski definition) is 2. The molecule has 1 aromatic carbocycles. The summed E-state index contributed by atoms with van der Waals surface area (Å²) in [5.41, 5.74) is -1.69. The topological polar surface area (TPSA) is 69.6 Å². The predicted molar refractivity (Wildman–Crippen MR) is 63.1 cm³/mol. The maximum atomic E-state index is 13.4. The molecule has 2 N–H and O–H groups in total. The number of rotatable bonds is 2. The van der Waals surface area contributed by atoms with Gasteiger partial charge in [-0.3, -0.25) is 4.79 Å². The molecule has 9 heteroatoms. The van der Waals surface area contributed by atoms with E-state index in [9.17, 15) is 27.2 Å². The van der Waals surface area contributed by atoms with Crippen molar-refractivity contribution in [3.05, 3.63) is 29.6 Å². The molecule has 0 unspecified atom stereocenters. The number of carbonyl (C=O) groups excluding carboxylic acids is 1. The fraction of sp³-hybridized carbons (Fsp3) is 0.333. The second-order valence-corrected chi connectivity index (χ2v) is 4.56. The minimum Gasteiger partial charge on any atom is -0.481 e. The van der Waals surface area contributed by atoms with Gasteiger partial charge in [-0.05, 0) is 18.2 Å². The van der Waals surface area contributed by atoms with E-state index >= 15 is 0 Å². The van der Waals surface area contributed by atoms with Gasteiger partial charge in [-0.25, -0.2) is 9.18 Å². The smallest absolute Gasteiger partial charge is 0.416 e. The molecule has 1 aromatic rings. The summed E-state index contributed by atoms with van der Waals surface area (Å²) in [7, 11) is 0. The van der Waals surface area contributed by atoms with Gasteiger partial charge < -0.3 is 15.3 Å². The zero-order chi connectivity index (χ0) is 15.8. The van der Waals surface area contributed by atoms with Crippen molar-refractivity contribution in [1.29, 1.82) is 0 Å². The van der Waals surface area contributed by atoms with Crippen LogP contribution in [0, 0.1) is 11.7 Å². The van der Waals surface area contributed by atoms with Gasteiger partial charge in [-0.15, -0.1) is 0 Å². The van der Waals surface area contributed by atoms with Crippen LogP contribution in [-0.2, 0) is 11.0 Å². The first-order valence-corrected chi connectivity index (χ1v) is 5.84. The Hall–Kier alpha value is -2.32. The molecule has 0 spiro atoms. The summed E-state index contributed by atoms with van der Waals surface area (Å²) in [6, 6.07) is 0.816. The summed E-state index contributed by atoms with van der Waals surface area (Å²) >= 11 is 0. The van der Waals surface area contributed by atoms with Crippen LogP contribution in [-0.4, -0.2) is 35.1 Å². The molecule has 21 heavy (non-hydrogen) atoms. The number of alkyl halides is 3. The number of hydrogen-bond donors (Lipinski definition) is 2. The van der Waals surface area contributed by atoms with Gasteiger partial charge in [-0.1, -0.05) is 0 Å². The van der Waals surface area contributed by atoms with E-state index in [1.807, 2.05) is 5.32 Å². The Labute approximate surface area is 116 Å². The number of aliphatic carboxylic acids is 1. The van der Waals surface area contributed by atoms with Crippen LogP contribution in [0.15, 0.2) is 18.2 Å². The highest BCUT2D eigenvalue weighted by Crippen LogP contribution is 2.32. The van der Waals surface area contributed by atoms with Gasteiger partial charge in [0, 0.05) is 13.1 Å². The van der Waals surface area contributed by atoms with Gasteiger partial charge >= 0.3 is 18.2 Å². The number of nitrogens with zero attached hydrogens (tertiary/aromatic N) is 1. The average Bonchev–Trinajstić information content (AvgIpc) is 2.27. The number of carbonyl (C=O) groups is 2. The quantitative estimate of drug-likeness (QED) is 0.824. The third-order valence-electron chi connectivity index (χ3n) is 3.05. The highest BCUT2D eigenvalue weighted by atomic mass is 19.4. The van der Waals surface area contributed by atoms with Crippen LogP contribution in [0.2, 0.25) is 0 Å². The van der Waals surface area contributed by atoms with Crippen LogP contribution < -0.4 is 5.32 Å². The molecule has 1 fully saturated rings. The summed E-state index contributed by atoms with van der Waals surface area (Å²) in [5, 5.41) is 10.7. The van der Waals surface area contributed by atoms with E-state index in [4.69, 9.17) is 5.11 Å². The largest absolute Gasteiger partial charge is 0.481 e. The number of anilines is 1. The molecule has 114 valence electrons. The Bertz CT molecular complexity index is 582. The number of likely N-dealkylation sites (tertiary alicyclic amines) is 1. The first kappa shape index (κ1) is 15.1. The second-order valence-electron chi connectivity index (χ2n) is 4.56. The Morgan fingerprint density at radius 3 is 2.43 bits per heavy atom. The van der Waals surface area contributed by atoms with Crippen LogP contribution in [0.4, 0.5) is 28.0 Å². The first-order chi connectivity index (χ1) is 9.68. The Morgan fingerprint density at radius 2 is 1.90 bits per heavy atom. The molecule has 0 aliphatic carbocycles. The highest BCUT2D eigenvalue weighted by Gasteiger charge is 2.36. The normalized spacial score (nSPS) is 15.5. The lowest BCUT2D eigenvalue weighted by atomic mass is 10.0. The van der Waals surface area contributed by atoms with Gasteiger partial charge in [0.15, 0.2) is 0 Å². The van der Waals surface area contributed by atoms with Crippen LogP contribution in [0.5, 0.6) is 0 Å². The number of carboxylic acids is 1. The summed E-state index contributed by atoms with van der Waals surface area (Å²) in [6.07, 6.45) is -4.65. The molecule has 2 rings (SSSR count). The second kappa shape index (κ2) is 5.23. The Kier molecular flexibility index (Phi) is 3.75. The molecule has 0 atom stereocenters. The average molecular weight is 306 g/mol.